The number of aryl methyl sites for hydroxylation is 2. The summed E-state index contributed by atoms with van der Waals surface area (Å²) in [5.41, 5.74) is 7.23. The van der Waals surface area contributed by atoms with Gasteiger partial charge in [0.1, 0.15) is 6.04 Å². The maximum atomic E-state index is 11.5. The molecule has 6 nitrogen and oxygen atoms in total. The zero-order chi connectivity index (χ0) is 14.0. The van der Waals surface area contributed by atoms with Gasteiger partial charge in [0.25, 0.3) is 0 Å². The molecule has 1 aliphatic rings. The minimum atomic E-state index is -0.303. The second kappa shape index (κ2) is 5.90. The van der Waals surface area contributed by atoms with E-state index in [0.29, 0.717) is 18.1 Å². The molecule has 2 rings (SSSR count). The minimum Gasteiger partial charge on any atom is -0.368 e. The van der Waals surface area contributed by atoms with Crippen molar-refractivity contribution in [2.75, 3.05) is 19.6 Å². The average Bonchev–Trinajstić information content (AvgIpc) is 2.67. The molecule has 2 heterocycles. The van der Waals surface area contributed by atoms with Crippen LogP contribution in [0.25, 0.3) is 0 Å². The second-order valence-corrected chi connectivity index (χ2v) is 5.13. The van der Waals surface area contributed by atoms with E-state index in [1.165, 1.54) is 0 Å². The number of nitrogens with zero attached hydrogens (tertiary/aromatic N) is 3. The van der Waals surface area contributed by atoms with Crippen LogP contribution < -0.4 is 11.1 Å². The number of nitrogens with two attached hydrogens (primary N) is 1. The lowest BCUT2D eigenvalue weighted by Gasteiger charge is -2.34. The van der Waals surface area contributed by atoms with Gasteiger partial charge >= 0.3 is 0 Å². The highest BCUT2D eigenvalue weighted by atomic mass is 35.5. The van der Waals surface area contributed by atoms with Crippen molar-refractivity contribution in [1.82, 2.24) is 20.0 Å². The first kappa shape index (κ1) is 14.3. The Morgan fingerprint density at radius 3 is 3.00 bits per heavy atom. The average molecular weight is 286 g/mol. The molecule has 1 atom stereocenters. The van der Waals surface area contributed by atoms with Crippen molar-refractivity contribution in [2.24, 2.45) is 5.73 Å². The lowest BCUT2D eigenvalue weighted by Crippen LogP contribution is -2.56. The summed E-state index contributed by atoms with van der Waals surface area (Å²) in [6, 6.07) is -0.287. The summed E-state index contributed by atoms with van der Waals surface area (Å²) in [4.78, 5) is 13.5. The molecule has 1 aliphatic heterocycles. The van der Waals surface area contributed by atoms with Crippen molar-refractivity contribution in [3.05, 3.63) is 16.4 Å². The standard InChI is InChI=1S/C12H20ClN5O/c1-3-18-10(11(13)8(2)16-18)7-17-5-4-15-6-9(17)12(14)19/h9,15H,3-7H2,1-2H3,(H2,14,19). The van der Waals surface area contributed by atoms with Crippen molar-refractivity contribution in [2.45, 2.75) is 33.0 Å². The Kier molecular flexibility index (Phi) is 4.44. The Bertz CT molecular complexity index is 473. The van der Waals surface area contributed by atoms with Gasteiger partial charge in [-0.3, -0.25) is 14.4 Å². The largest absolute Gasteiger partial charge is 0.368 e. The smallest absolute Gasteiger partial charge is 0.236 e. The van der Waals surface area contributed by atoms with Gasteiger partial charge in [0, 0.05) is 32.7 Å². The van der Waals surface area contributed by atoms with Crippen LogP contribution in [0.3, 0.4) is 0 Å². The number of amides is 1. The zero-order valence-electron chi connectivity index (χ0n) is 11.3. The molecule has 1 saturated heterocycles. The molecule has 0 saturated carbocycles. The van der Waals surface area contributed by atoms with Crippen molar-refractivity contribution in [3.63, 3.8) is 0 Å². The van der Waals surface area contributed by atoms with E-state index in [-0.39, 0.29) is 11.9 Å². The zero-order valence-corrected chi connectivity index (χ0v) is 12.1. The predicted molar refractivity (Wildman–Crippen MR) is 73.9 cm³/mol. The van der Waals surface area contributed by atoms with Gasteiger partial charge in [-0.05, 0) is 13.8 Å². The molecule has 0 radical (unpaired) electrons. The van der Waals surface area contributed by atoms with Crippen LogP contribution in [0.15, 0.2) is 0 Å². The monoisotopic (exact) mass is 285 g/mol. The number of carbonyl (C=O) groups excluding carboxylic acids is 1. The first-order valence-corrected chi connectivity index (χ1v) is 6.88. The van der Waals surface area contributed by atoms with Crippen molar-refractivity contribution < 1.29 is 4.79 Å². The summed E-state index contributed by atoms with van der Waals surface area (Å²) in [5, 5.41) is 8.26. The Morgan fingerprint density at radius 2 is 2.37 bits per heavy atom. The molecule has 0 spiro atoms. The van der Waals surface area contributed by atoms with Gasteiger partial charge in [0.05, 0.1) is 16.4 Å². The van der Waals surface area contributed by atoms with Gasteiger partial charge in [0.2, 0.25) is 5.91 Å². The Morgan fingerprint density at radius 1 is 1.63 bits per heavy atom. The summed E-state index contributed by atoms with van der Waals surface area (Å²) in [7, 11) is 0. The molecule has 0 aromatic carbocycles. The van der Waals surface area contributed by atoms with Crippen molar-refractivity contribution in [1.29, 1.82) is 0 Å². The number of nitrogens with one attached hydrogen (secondary N) is 1. The maximum absolute atomic E-state index is 11.5. The first-order chi connectivity index (χ1) is 9.04. The molecule has 7 heteroatoms. The van der Waals surface area contributed by atoms with E-state index < -0.39 is 0 Å². The summed E-state index contributed by atoms with van der Waals surface area (Å²) in [5.74, 6) is -0.303. The van der Waals surface area contributed by atoms with Crippen LogP contribution in [0.4, 0.5) is 0 Å². The summed E-state index contributed by atoms with van der Waals surface area (Å²) in [6.07, 6.45) is 0. The fourth-order valence-corrected chi connectivity index (χ4v) is 2.62. The van der Waals surface area contributed by atoms with Crippen LogP contribution in [0.2, 0.25) is 5.02 Å². The van der Waals surface area contributed by atoms with Crippen LogP contribution in [0, 0.1) is 6.92 Å². The third-order valence-electron chi connectivity index (χ3n) is 3.49. The molecule has 1 aromatic rings. The molecule has 1 amide bonds. The van der Waals surface area contributed by atoms with E-state index in [9.17, 15) is 4.79 Å². The fourth-order valence-electron chi connectivity index (χ4n) is 2.43. The van der Waals surface area contributed by atoms with E-state index in [0.717, 1.165) is 31.0 Å². The Hall–Kier alpha value is -1.11. The number of aromatic nitrogens is 2. The number of primary amides is 1. The number of hydrogen-bond acceptors (Lipinski definition) is 4. The molecule has 1 unspecified atom stereocenters. The van der Waals surface area contributed by atoms with Crippen LogP contribution >= 0.6 is 11.6 Å². The number of rotatable bonds is 4. The lowest BCUT2D eigenvalue weighted by atomic mass is 10.1. The molecule has 0 aliphatic carbocycles. The summed E-state index contributed by atoms with van der Waals surface area (Å²) in [6.45, 7) is 7.49. The van der Waals surface area contributed by atoms with E-state index in [2.05, 4.69) is 15.3 Å². The molecular formula is C12H20ClN5O. The molecule has 1 aromatic heterocycles. The van der Waals surface area contributed by atoms with Crippen LogP contribution in [-0.2, 0) is 17.9 Å². The fraction of sp³-hybridized carbons (Fsp3) is 0.667. The highest BCUT2D eigenvalue weighted by Crippen LogP contribution is 2.22. The quantitative estimate of drug-likeness (QED) is 0.824. The van der Waals surface area contributed by atoms with Gasteiger partial charge in [-0.25, -0.2) is 0 Å². The molecule has 3 N–H and O–H groups in total. The van der Waals surface area contributed by atoms with Gasteiger partial charge in [-0.2, -0.15) is 5.10 Å². The maximum Gasteiger partial charge on any atom is 0.236 e. The van der Waals surface area contributed by atoms with E-state index in [1.54, 1.807) is 0 Å². The minimum absolute atomic E-state index is 0.287. The number of carbonyl (C=O) groups is 1. The van der Waals surface area contributed by atoms with E-state index in [1.807, 2.05) is 18.5 Å². The summed E-state index contributed by atoms with van der Waals surface area (Å²) >= 11 is 6.30. The number of piperazine rings is 1. The molecule has 106 valence electrons. The van der Waals surface area contributed by atoms with Crippen LogP contribution in [0.5, 0.6) is 0 Å². The highest BCUT2D eigenvalue weighted by molar-refractivity contribution is 6.31. The normalized spacial score (nSPS) is 20.7. The molecule has 1 fully saturated rings. The third kappa shape index (κ3) is 2.91. The van der Waals surface area contributed by atoms with Gasteiger partial charge in [-0.15, -0.1) is 0 Å². The SMILES string of the molecule is CCn1nc(C)c(Cl)c1CN1CCNCC1C(N)=O. The Balaban J connectivity index is 2.21. The van der Waals surface area contributed by atoms with Crippen LogP contribution in [-0.4, -0.2) is 46.3 Å². The first-order valence-electron chi connectivity index (χ1n) is 6.50. The molecule has 19 heavy (non-hydrogen) atoms. The van der Waals surface area contributed by atoms with Gasteiger partial charge in [-0.1, -0.05) is 11.6 Å². The predicted octanol–water partition coefficient (Wildman–Crippen LogP) is 0.124. The van der Waals surface area contributed by atoms with E-state index in [4.69, 9.17) is 17.3 Å². The van der Waals surface area contributed by atoms with Crippen molar-refractivity contribution in [3.8, 4) is 0 Å². The number of halogens is 1. The molecule has 0 bridgehead atoms. The second-order valence-electron chi connectivity index (χ2n) is 4.75. The van der Waals surface area contributed by atoms with Crippen molar-refractivity contribution >= 4 is 17.5 Å². The lowest BCUT2D eigenvalue weighted by molar-refractivity contribution is -0.124. The van der Waals surface area contributed by atoms with E-state index >= 15 is 0 Å². The summed E-state index contributed by atoms with van der Waals surface area (Å²) < 4.78 is 1.89. The topological polar surface area (TPSA) is 76.2 Å². The highest BCUT2D eigenvalue weighted by Gasteiger charge is 2.28. The Labute approximate surface area is 117 Å². The third-order valence-corrected chi connectivity index (χ3v) is 3.98. The van der Waals surface area contributed by atoms with Gasteiger partial charge < -0.3 is 11.1 Å². The van der Waals surface area contributed by atoms with Gasteiger partial charge in [0.15, 0.2) is 0 Å². The van der Waals surface area contributed by atoms with Crippen LogP contribution in [0.1, 0.15) is 18.3 Å². The number of hydrogen-bond donors (Lipinski definition) is 2. The molecular weight excluding hydrogens is 266 g/mol.